The third-order valence-corrected chi connectivity index (χ3v) is 5.05. The molecule has 25 heavy (non-hydrogen) atoms. The van der Waals surface area contributed by atoms with E-state index in [1.807, 2.05) is 0 Å². The maximum Gasteiger partial charge on any atom is 0.281 e. The van der Waals surface area contributed by atoms with Gasteiger partial charge in [-0.15, -0.1) is 11.3 Å². The zero-order valence-electron chi connectivity index (χ0n) is 12.6. The molecule has 4 nitrogen and oxygen atoms in total. The fraction of sp³-hybridized carbons (Fsp3) is 0.0588. The smallest absolute Gasteiger partial charge is 0.273 e. The van der Waals surface area contributed by atoms with Crippen LogP contribution in [0.25, 0.3) is 10.1 Å². The Labute approximate surface area is 150 Å². The van der Waals surface area contributed by atoms with Crippen LogP contribution in [0, 0.1) is 11.6 Å². The van der Waals surface area contributed by atoms with E-state index < -0.39 is 23.4 Å². The summed E-state index contributed by atoms with van der Waals surface area (Å²) in [6.07, 6.45) is -0.0219. The molecular weight excluding hydrogens is 370 g/mol. The first-order valence-corrected chi connectivity index (χ1v) is 8.34. The molecule has 0 fully saturated rings. The van der Waals surface area contributed by atoms with E-state index in [1.165, 1.54) is 42.5 Å². The number of benzene rings is 2. The summed E-state index contributed by atoms with van der Waals surface area (Å²) in [6.45, 7) is 0. The van der Waals surface area contributed by atoms with Crippen LogP contribution in [0.2, 0.25) is 5.02 Å². The maximum absolute atomic E-state index is 13.2. The van der Waals surface area contributed by atoms with Crippen molar-refractivity contribution in [3.8, 4) is 0 Å². The minimum absolute atomic E-state index is 0.0219. The number of hydrazine groups is 1. The molecule has 0 aliphatic rings. The fourth-order valence-electron chi connectivity index (χ4n) is 2.20. The van der Waals surface area contributed by atoms with Crippen molar-refractivity contribution in [3.05, 3.63) is 69.6 Å². The molecule has 3 rings (SSSR count). The van der Waals surface area contributed by atoms with E-state index in [1.54, 1.807) is 0 Å². The molecule has 0 saturated carbocycles. The van der Waals surface area contributed by atoms with Gasteiger partial charge in [-0.05, 0) is 35.9 Å². The molecule has 8 heteroatoms. The number of rotatable bonds is 3. The number of carbonyl (C=O) groups excluding carboxylic acids is 2. The normalized spacial score (nSPS) is 10.7. The molecular formula is C17H11ClF2N2O2S. The molecule has 128 valence electrons. The molecule has 2 amide bonds. The Hall–Kier alpha value is -2.51. The Morgan fingerprint density at radius 1 is 1.00 bits per heavy atom. The van der Waals surface area contributed by atoms with Crippen molar-refractivity contribution in [1.29, 1.82) is 0 Å². The second kappa shape index (κ2) is 7.16. The summed E-state index contributed by atoms with van der Waals surface area (Å²) in [6, 6.07) is 9.49. The van der Waals surface area contributed by atoms with Crippen molar-refractivity contribution in [2.75, 3.05) is 0 Å². The van der Waals surface area contributed by atoms with E-state index in [2.05, 4.69) is 10.9 Å². The molecule has 0 aliphatic carbocycles. The van der Waals surface area contributed by atoms with Crippen molar-refractivity contribution in [3.63, 3.8) is 0 Å². The lowest BCUT2D eigenvalue weighted by atomic mass is 10.1. The number of hydrogen-bond acceptors (Lipinski definition) is 3. The summed E-state index contributed by atoms with van der Waals surface area (Å²) >= 11 is 7.17. The van der Waals surface area contributed by atoms with Crippen molar-refractivity contribution >= 4 is 44.8 Å². The van der Waals surface area contributed by atoms with Crippen LogP contribution >= 0.6 is 22.9 Å². The van der Waals surface area contributed by atoms with E-state index in [0.29, 0.717) is 15.6 Å². The van der Waals surface area contributed by atoms with Gasteiger partial charge in [0.1, 0.15) is 16.5 Å². The van der Waals surface area contributed by atoms with Gasteiger partial charge in [0.2, 0.25) is 5.91 Å². The summed E-state index contributed by atoms with van der Waals surface area (Å²) in [5, 5.41) is 0.765. The summed E-state index contributed by atoms with van der Waals surface area (Å²) < 4.78 is 26.6. The molecule has 2 N–H and O–H groups in total. The Kier molecular flexibility index (Phi) is 4.96. The van der Waals surface area contributed by atoms with Gasteiger partial charge in [0.25, 0.3) is 5.91 Å². The van der Waals surface area contributed by atoms with Gasteiger partial charge < -0.3 is 0 Å². The van der Waals surface area contributed by atoms with Crippen LogP contribution in [0.4, 0.5) is 8.78 Å². The van der Waals surface area contributed by atoms with Crippen LogP contribution in [0.15, 0.2) is 42.5 Å². The van der Waals surface area contributed by atoms with Crippen LogP contribution in [-0.2, 0) is 11.2 Å². The lowest BCUT2D eigenvalue weighted by Crippen LogP contribution is -2.42. The standard InChI is InChI=1S/C17H11ClF2N2O2S/c18-15-12-6-5-11(20)8-13(12)25-16(15)17(24)22-21-14(23)7-9-1-3-10(19)4-2-9/h1-6,8H,7H2,(H,21,23)(H,22,24). The SMILES string of the molecule is O=C(Cc1ccc(F)cc1)NNC(=O)c1sc2cc(F)ccc2c1Cl. The van der Waals surface area contributed by atoms with Gasteiger partial charge in [-0.2, -0.15) is 0 Å². The Morgan fingerprint density at radius 2 is 1.68 bits per heavy atom. The third kappa shape index (κ3) is 3.94. The molecule has 1 heterocycles. The number of fused-ring (bicyclic) bond motifs is 1. The van der Waals surface area contributed by atoms with Gasteiger partial charge in [-0.25, -0.2) is 8.78 Å². The van der Waals surface area contributed by atoms with Gasteiger partial charge in [0, 0.05) is 10.1 Å². The number of nitrogens with one attached hydrogen (secondary N) is 2. The van der Waals surface area contributed by atoms with E-state index in [4.69, 9.17) is 11.6 Å². The van der Waals surface area contributed by atoms with Gasteiger partial charge in [0.15, 0.2) is 0 Å². The number of halogens is 3. The molecule has 0 atom stereocenters. The first kappa shape index (κ1) is 17.3. The van der Waals surface area contributed by atoms with Crippen molar-refractivity contribution in [2.24, 2.45) is 0 Å². The number of carbonyl (C=O) groups is 2. The molecule has 3 aromatic rings. The lowest BCUT2D eigenvalue weighted by Gasteiger charge is -2.06. The topological polar surface area (TPSA) is 58.2 Å². The lowest BCUT2D eigenvalue weighted by molar-refractivity contribution is -0.121. The zero-order valence-corrected chi connectivity index (χ0v) is 14.2. The molecule has 0 bridgehead atoms. The summed E-state index contributed by atoms with van der Waals surface area (Å²) in [4.78, 5) is 24.2. The molecule has 0 spiro atoms. The van der Waals surface area contributed by atoms with Crippen LogP contribution in [0.1, 0.15) is 15.2 Å². The predicted octanol–water partition coefficient (Wildman–Crippen LogP) is 3.84. The van der Waals surface area contributed by atoms with Crippen LogP contribution in [-0.4, -0.2) is 11.8 Å². The monoisotopic (exact) mass is 380 g/mol. The highest BCUT2D eigenvalue weighted by Gasteiger charge is 2.18. The van der Waals surface area contributed by atoms with E-state index in [0.717, 1.165) is 11.3 Å². The number of hydrogen-bond donors (Lipinski definition) is 2. The van der Waals surface area contributed by atoms with Crippen molar-refractivity contribution < 1.29 is 18.4 Å². The minimum Gasteiger partial charge on any atom is -0.273 e. The molecule has 0 saturated heterocycles. The number of amides is 2. The van der Waals surface area contributed by atoms with Crippen molar-refractivity contribution in [2.45, 2.75) is 6.42 Å². The Balaban J connectivity index is 1.65. The van der Waals surface area contributed by atoms with Crippen LogP contribution < -0.4 is 10.9 Å². The third-order valence-electron chi connectivity index (χ3n) is 3.39. The highest BCUT2D eigenvalue weighted by atomic mass is 35.5. The van der Waals surface area contributed by atoms with Crippen LogP contribution in [0.3, 0.4) is 0 Å². The molecule has 1 aromatic heterocycles. The zero-order chi connectivity index (χ0) is 18.0. The predicted molar refractivity (Wildman–Crippen MR) is 92.5 cm³/mol. The van der Waals surface area contributed by atoms with E-state index in [9.17, 15) is 18.4 Å². The minimum atomic E-state index is -0.598. The Bertz CT molecular complexity index is 957. The van der Waals surface area contributed by atoms with Crippen LogP contribution in [0.5, 0.6) is 0 Å². The van der Waals surface area contributed by atoms with Gasteiger partial charge in [-0.1, -0.05) is 23.7 Å². The van der Waals surface area contributed by atoms with Gasteiger partial charge in [-0.3, -0.25) is 20.4 Å². The highest BCUT2D eigenvalue weighted by molar-refractivity contribution is 7.21. The largest absolute Gasteiger partial charge is 0.281 e. The first-order valence-electron chi connectivity index (χ1n) is 7.15. The molecule has 2 aromatic carbocycles. The first-order chi connectivity index (χ1) is 11.9. The van der Waals surface area contributed by atoms with Gasteiger partial charge >= 0.3 is 0 Å². The summed E-state index contributed by atoms with van der Waals surface area (Å²) in [5.41, 5.74) is 5.14. The average molecular weight is 381 g/mol. The van der Waals surface area contributed by atoms with E-state index in [-0.39, 0.29) is 16.3 Å². The van der Waals surface area contributed by atoms with Crippen molar-refractivity contribution in [1.82, 2.24) is 10.9 Å². The fourth-order valence-corrected chi connectivity index (χ4v) is 3.64. The molecule has 0 aliphatic heterocycles. The number of thiophene rings is 1. The second-order valence-electron chi connectivity index (χ2n) is 5.19. The Morgan fingerprint density at radius 3 is 2.40 bits per heavy atom. The second-order valence-corrected chi connectivity index (χ2v) is 6.62. The highest BCUT2D eigenvalue weighted by Crippen LogP contribution is 2.35. The quantitative estimate of drug-likeness (QED) is 0.678. The maximum atomic E-state index is 13.2. The summed E-state index contributed by atoms with van der Waals surface area (Å²) in [7, 11) is 0. The van der Waals surface area contributed by atoms with Gasteiger partial charge in [0.05, 0.1) is 11.4 Å². The van der Waals surface area contributed by atoms with E-state index >= 15 is 0 Å². The molecule has 0 radical (unpaired) electrons. The molecule has 0 unspecified atom stereocenters. The average Bonchev–Trinajstić information content (AvgIpc) is 2.91. The summed E-state index contributed by atoms with van der Waals surface area (Å²) in [5.74, 6) is -1.89.